The molecule has 6 heteroatoms. The van der Waals surface area contributed by atoms with Gasteiger partial charge >= 0.3 is 6.03 Å². The highest BCUT2D eigenvalue weighted by Gasteiger charge is 2.16. The number of hydrogen-bond acceptors (Lipinski definition) is 4. The zero-order valence-electron chi connectivity index (χ0n) is 7.34. The van der Waals surface area contributed by atoms with Gasteiger partial charge in [0.1, 0.15) is 6.33 Å². The van der Waals surface area contributed by atoms with E-state index >= 15 is 0 Å². The van der Waals surface area contributed by atoms with Gasteiger partial charge in [-0.15, -0.1) is 0 Å². The van der Waals surface area contributed by atoms with Crippen LogP contribution in [0.25, 0.3) is 0 Å². The highest BCUT2D eigenvalue weighted by molar-refractivity contribution is 5.94. The predicted molar refractivity (Wildman–Crippen MR) is 51.7 cm³/mol. The molecule has 0 radical (unpaired) electrons. The van der Waals surface area contributed by atoms with Crippen LogP contribution in [-0.4, -0.2) is 22.5 Å². The van der Waals surface area contributed by atoms with E-state index in [-0.39, 0.29) is 0 Å². The van der Waals surface area contributed by atoms with E-state index in [1.54, 1.807) is 18.5 Å². The topological polar surface area (TPSA) is 84.1 Å². The Kier molecular flexibility index (Phi) is 2.02. The van der Waals surface area contributed by atoms with Crippen LogP contribution in [0.5, 0.6) is 0 Å². The van der Waals surface area contributed by atoms with Crippen molar-refractivity contribution >= 4 is 17.5 Å². The molecule has 0 aromatic carbocycles. The number of nitrogens with zero attached hydrogens (tertiary/aromatic N) is 3. The quantitative estimate of drug-likeness (QED) is 0.617. The van der Waals surface area contributed by atoms with Crippen molar-refractivity contribution in [3.63, 3.8) is 0 Å². The van der Waals surface area contributed by atoms with E-state index in [9.17, 15) is 4.79 Å². The van der Waals surface area contributed by atoms with Crippen molar-refractivity contribution in [1.29, 1.82) is 0 Å². The number of hydrogen-bond donors (Lipinski definition) is 2. The molecule has 3 N–H and O–H groups in total. The number of aromatic nitrogens is 2. The summed E-state index contributed by atoms with van der Waals surface area (Å²) < 4.78 is 0. The van der Waals surface area contributed by atoms with Crippen molar-refractivity contribution in [1.82, 2.24) is 9.97 Å². The molecule has 1 aromatic rings. The fraction of sp³-hybridized carbons (Fsp3) is 0.125. The minimum Gasteiger partial charge on any atom is -0.377 e. The molecule has 0 bridgehead atoms. The largest absolute Gasteiger partial charge is 0.377 e. The molecule has 0 spiro atoms. The predicted octanol–water partition coefficient (Wildman–Crippen LogP) is 0.301. The molecule has 6 nitrogen and oxygen atoms in total. The Labute approximate surface area is 80.4 Å². The smallest absolute Gasteiger partial charge is 0.324 e. The molecule has 2 amide bonds. The Bertz CT molecular complexity index is 389. The lowest BCUT2D eigenvalue weighted by Crippen LogP contribution is -2.31. The van der Waals surface area contributed by atoms with E-state index in [0.29, 0.717) is 18.1 Å². The molecule has 0 saturated carbocycles. The van der Waals surface area contributed by atoms with Crippen molar-refractivity contribution in [3.05, 3.63) is 24.8 Å². The Balaban J connectivity index is 2.48. The molecule has 1 aromatic heterocycles. The molecule has 1 aliphatic rings. The Morgan fingerprint density at radius 2 is 2.50 bits per heavy atom. The number of carbonyl (C=O) groups excluding carboxylic acids is 1. The maximum absolute atomic E-state index is 11.1. The Hall–Kier alpha value is -2.11. The molecule has 0 saturated heterocycles. The van der Waals surface area contributed by atoms with E-state index in [4.69, 9.17) is 5.73 Å². The molecule has 0 aliphatic carbocycles. The summed E-state index contributed by atoms with van der Waals surface area (Å²) in [5.41, 5.74) is 5.89. The molecule has 0 fully saturated rings. The van der Waals surface area contributed by atoms with Gasteiger partial charge in [0.15, 0.2) is 5.82 Å². The van der Waals surface area contributed by atoms with Crippen LogP contribution in [0.2, 0.25) is 0 Å². The maximum Gasteiger partial charge on any atom is 0.324 e. The number of urea groups is 1. The second-order valence-electron chi connectivity index (χ2n) is 2.73. The Morgan fingerprint density at radius 3 is 3.29 bits per heavy atom. The molecular formula is C8H9N5O. The number of rotatable bonds is 0. The molecule has 2 heterocycles. The zero-order valence-corrected chi connectivity index (χ0v) is 7.34. The van der Waals surface area contributed by atoms with Crippen LogP contribution in [0.4, 0.5) is 16.3 Å². The SMILES string of the molecule is NC(=O)N1C=CCNc2cncnc21. The van der Waals surface area contributed by atoms with E-state index < -0.39 is 6.03 Å². The summed E-state index contributed by atoms with van der Waals surface area (Å²) in [4.78, 5) is 20.2. The fourth-order valence-electron chi connectivity index (χ4n) is 1.22. The summed E-state index contributed by atoms with van der Waals surface area (Å²) in [6.45, 7) is 0.615. The normalized spacial score (nSPS) is 14.1. The van der Waals surface area contributed by atoms with Gasteiger partial charge in [0.05, 0.1) is 11.9 Å². The minimum atomic E-state index is -0.565. The third-order valence-corrected chi connectivity index (χ3v) is 1.82. The summed E-state index contributed by atoms with van der Waals surface area (Å²) in [7, 11) is 0. The lowest BCUT2D eigenvalue weighted by molar-refractivity contribution is 0.255. The summed E-state index contributed by atoms with van der Waals surface area (Å²) in [5, 5.41) is 3.05. The molecule has 1 aliphatic heterocycles. The molecule has 14 heavy (non-hydrogen) atoms. The minimum absolute atomic E-state index is 0.473. The fourth-order valence-corrected chi connectivity index (χ4v) is 1.22. The van der Waals surface area contributed by atoms with Crippen molar-refractivity contribution in [2.24, 2.45) is 5.73 Å². The highest BCUT2D eigenvalue weighted by Crippen LogP contribution is 2.23. The van der Waals surface area contributed by atoms with E-state index in [1.165, 1.54) is 11.2 Å². The van der Waals surface area contributed by atoms with Crippen LogP contribution in [-0.2, 0) is 0 Å². The summed E-state index contributed by atoms with van der Waals surface area (Å²) >= 11 is 0. The van der Waals surface area contributed by atoms with Crippen molar-refractivity contribution in [3.8, 4) is 0 Å². The van der Waals surface area contributed by atoms with Crippen LogP contribution >= 0.6 is 0 Å². The summed E-state index contributed by atoms with van der Waals surface area (Å²) in [6.07, 6.45) is 6.35. The number of fused-ring (bicyclic) bond motifs is 1. The summed E-state index contributed by atoms with van der Waals surface area (Å²) in [5.74, 6) is 0.473. The van der Waals surface area contributed by atoms with Gasteiger partial charge in [-0.25, -0.2) is 14.8 Å². The van der Waals surface area contributed by atoms with E-state index in [0.717, 1.165) is 0 Å². The van der Waals surface area contributed by atoms with Gasteiger partial charge in [0.2, 0.25) is 0 Å². The van der Waals surface area contributed by atoms with Gasteiger partial charge < -0.3 is 11.1 Å². The lowest BCUT2D eigenvalue weighted by atomic mass is 10.4. The Morgan fingerprint density at radius 1 is 1.64 bits per heavy atom. The number of amides is 2. The molecule has 2 rings (SSSR count). The monoisotopic (exact) mass is 191 g/mol. The number of nitrogens with one attached hydrogen (secondary N) is 1. The van der Waals surface area contributed by atoms with Gasteiger partial charge in [-0.2, -0.15) is 0 Å². The molecule has 0 unspecified atom stereocenters. The average molecular weight is 191 g/mol. The van der Waals surface area contributed by atoms with Crippen molar-refractivity contribution in [2.75, 3.05) is 16.8 Å². The van der Waals surface area contributed by atoms with Gasteiger partial charge in [-0.05, 0) is 6.08 Å². The first kappa shape index (κ1) is 8.49. The van der Waals surface area contributed by atoms with E-state index in [2.05, 4.69) is 15.3 Å². The van der Waals surface area contributed by atoms with Crippen LogP contribution in [0, 0.1) is 0 Å². The van der Waals surface area contributed by atoms with Gasteiger partial charge in [-0.3, -0.25) is 4.90 Å². The first-order chi connectivity index (χ1) is 6.79. The zero-order chi connectivity index (χ0) is 9.97. The third-order valence-electron chi connectivity index (χ3n) is 1.82. The van der Waals surface area contributed by atoms with E-state index in [1.807, 2.05) is 0 Å². The number of anilines is 2. The van der Waals surface area contributed by atoms with Crippen molar-refractivity contribution < 1.29 is 4.79 Å². The lowest BCUT2D eigenvalue weighted by Gasteiger charge is -2.14. The number of carbonyl (C=O) groups is 1. The second kappa shape index (κ2) is 3.33. The highest BCUT2D eigenvalue weighted by atomic mass is 16.2. The van der Waals surface area contributed by atoms with Gasteiger partial charge in [0, 0.05) is 12.7 Å². The van der Waals surface area contributed by atoms with Gasteiger partial charge in [0.25, 0.3) is 0 Å². The third kappa shape index (κ3) is 1.37. The maximum atomic E-state index is 11.1. The molecular weight excluding hydrogens is 182 g/mol. The first-order valence-electron chi connectivity index (χ1n) is 4.08. The van der Waals surface area contributed by atoms with Gasteiger partial charge in [-0.1, -0.05) is 0 Å². The summed E-state index contributed by atoms with van der Waals surface area (Å²) in [6, 6.07) is -0.565. The number of nitrogens with two attached hydrogens (primary N) is 1. The van der Waals surface area contributed by atoms with Crippen molar-refractivity contribution in [2.45, 2.75) is 0 Å². The molecule has 0 atom stereocenters. The number of primary amides is 1. The average Bonchev–Trinajstić information content (AvgIpc) is 2.39. The van der Waals surface area contributed by atoms with Crippen LogP contribution in [0.15, 0.2) is 24.8 Å². The standard InChI is InChI=1S/C8H9N5O/c9-8(14)13-3-1-2-11-6-4-10-5-12-7(6)13/h1,3-5,11H,2H2,(H2,9,14). The molecule has 72 valence electrons. The first-order valence-corrected chi connectivity index (χ1v) is 4.08. The van der Waals surface area contributed by atoms with Crippen LogP contribution in [0.3, 0.4) is 0 Å². The second-order valence-corrected chi connectivity index (χ2v) is 2.73. The van der Waals surface area contributed by atoms with Crippen LogP contribution in [0.1, 0.15) is 0 Å². The van der Waals surface area contributed by atoms with Crippen LogP contribution < -0.4 is 16.0 Å².